The first-order valence-electron chi connectivity index (χ1n) is 12.1. The number of aromatic nitrogens is 1. The first kappa shape index (κ1) is 26.9. The third-order valence-corrected chi connectivity index (χ3v) is 7.36. The van der Waals surface area contributed by atoms with Crippen LogP contribution in [0.15, 0.2) is 54.7 Å². The van der Waals surface area contributed by atoms with Gasteiger partial charge in [-0.05, 0) is 86.4 Å². The van der Waals surface area contributed by atoms with Crippen LogP contribution in [-0.2, 0) is 13.0 Å². The first-order valence-corrected chi connectivity index (χ1v) is 12.1. The van der Waals surface area contributed by atoms with Gasteiger partial charge >= 0.3 is 0 Å². The smallest absolute Gasteiger partial charge is 0.252 e. The van der Waals surface area contributed by atoms with Gasteiger partial charge in [-0.3, -0.25) is 14.7 Å². The molecular weight excluding hydrogens is 479 g/mol. The summed E-state index contributed by atoms with van der Waals surface area (Å²) in [7, 11) is 0. The van der Waals surface area contributed by atoms with Gasteiger partial charge in [0.25, 0.3) is 5.91 Å². The van der Waals surface area contributed by atoms with Crippen LogP contribution in [0.2, 0.25) is 0 Å². The summed E-state index contributed by atoms with van der Waals surface area (Å²) >= 11 is 0. The van der Waals surface area contributed by atoms with E-state index in [1.165, 1.54) is 30.4 Å². The number of nitrogens with one attached hydrogen (secondary N) is 1. The lowest BCUT2D eigenvalue weighted by Gasteiger charge is -2.33. The number of hydrogen-bond donors (Lipinski definition) is 1. The van der Waals surface area contributed by atoms with E-state index >= 15 is 0 Å². The third kappa shape index (κ3) is 6.32. The van der Waals surface area contributed by atoms with Crippen molar-refractivity contribution in [2.24, 2.45) is 5.92 Å². The number of carbonyl (C=O) groups excluding carboxylic acids is 1. The second kappa shape index (κ2) is 12.4. The summed E-state index contributed by atoms with van der Waals surface area (Å²) in [5.41, 5.74) is 5.05. The predicted molar refractivity (Wildman–Crippen MR) is 144 cm³/mol. The molecule has 0 radical (unpaired) electrons. The van der Waals surface area contributed by atoms with Gasteiger partial charge in [0.2, 0.25) is 0 Å². The Kier molecular flexibility index (Phi) is 9.51. The monoisotopic (exact) mass is 510 g/mol. The number of benzene rings is 2. The average Bonchev–Trinajstić information content (AvgIpc) is 2.87. The molecule has 0 bridgehead atoms. The lowest BCUT2D eigenvalue weighted by molar-refractivity contribution is 0.0921. The van der Waals surface area contributed by atoms with Gasteiger partial charge in [0, 0.05) is 30.7 Å². The van der Waals surface area contributed by atoms with Crippen molar-refractivity contribution in [1.29, 1.82) is 5.26 Å². The van der Waals surface area contributed by atoms with Crippen LogP contribution in [0.4, 0.5) is 0 Å². The fourth-order valence-electron chi connectivity index (χ4n) is 5.39. The number of carbonyl (C=O) groups is 1. The number of nitriles is 1. The van der Waals surface area contributed by atoms with Crippen molar-refractivity contribution in [3.8, 4) is 6.07 Å². The van der Waals surface area contributed by atoms with E-state index in [0.29, 0.717) is 0 Å². The van der Waals surface area contributed by atoms with Crippen LogP contribution >= 0.6 is 24.8 Å². The lowest BCUT2D eigenvalue weighted by atomic mass is 9.83. The van der Waals surface area contributed by atoms with Crippen molar-refractivity contribution in [3.05, 3.63) is 77.0 Å². The summed E-state index contributed by atoms with van der Waals surface area (Å²) in [5, 5.41) is 13.3. The Labute approximate surface area is 219 Å². The van der Waals surface area contributed by atoms with Crippen LogP contribution in [0.5, 0.6) is 0 Å². The van der Waals surface area contributed by atoms with Crippen molar-refractivity contribution in [3.63, 3.8) is 0 Å². The van der Waals surface area contributed by atoms with E-state index in [-0.39, 0.29) is 36.8 Å². The molecule has 7 heteroatoms. The van der Waals surface area contributed by atoms with Crippen molar-refractivity contribution in [2.75, 3.05) is 13.1 Å². The highest BCUT2D eigenvalue weighted by Crippen LogP contribution is 2.29. The SMILES string of the molecule is Cl.Cl.N#Cc1ccc2c(c1)CCN(CCC1CCC(NC(=O)c3ccnc4ccccc34)CC1)C2. The van der Waals surface area contributed by atoms with Gasteiger partial charge in [0.05, 0.1) is 22.7 Å². The van der Waals surface area contributed by atoms with Gasteiger partial charge in [-0.2, -0.15) is 5.26 Å². The summed E-state index contributed by atoms with van der Waals surface area (Å²) < 4.78 is 0. The summed E-state index contributed by atoms with van der Waals surface area (Å²) in [5.74, 6) is 0.755. The molecule has 1 aromatic heterocycles. The van der Waals surface area contributed by atoms with Gasteiger partial charge in [-0.25, -0.2) is 0 Å². The number of amides is 1. The van der Waals surface area contributed by atoms with E-state index < -0.39 is 0 Å². The fraction of sp³-hybridized carbons (Fsp3) is 0.393. The molecule has 3 aromatic rings. The lowest BCUT2D eigenvalue weighted by Crippen LogP contribution is -2.38. The Balaban J connectivity index is 0.00000171. The third-order valence-electron chi connectivity index (χ3n) is 7.36. The van der Waals surface area contributed by atoms with Gasteiger partial charge in [-0.15, -0.1) is 24.8 Å². The largest absolute Gasteiger partial charge is 0.349 e. The van der Waals surface area contributed by atoms with Gasteiger partial charge < -0.3 is 5.32 Å². The van der Waals surface area contributed by atoms with Crippen molar-refractivity contribution in [1.82, 2.24) is 15.2 Å². The van der Waals surface area contributed by atoms with Gasteiger partial charge in [0.1, 0.15) is 0 Å². The van der Waals surface area contributed by atoms with Crippen LogP contribution in [0.1, 0.15) is 59.2 Å². The Morgan fingerprint density at radius 3 is 2.66 bits per heavy atom. The normalized spacial score (nSPS) is 19.5. The van der Waals surface area contributed by atoms with Crippen molar-refractivity contribution in [2.45, 2.75) is 51.1 Å². The molecule has 2 aromatic carbocycles. The molecule has 0 unspecified atom stereocenters. The van der Waals surface area contributed by atoms with Gasteiger partial charge in [0.15, 0.2) is 0 Å². The molecule has 1 aliphatic carbocycles. The molecular formula is C28H32Cl2N4O. The van der Waals surface area contributed by atoms with Crippen LogP contribution in [0.25, 0.3) is 10.9 Å². The van der Waals surface area contributed by atoms with Crippen LogP contribution < -0.4 is 5.32 Å². The molecule has 5 nitrogen and oxygen atoms in total. The van der Waals surface area contributed by atoms with Crippen LogP contribution in [-0.4, -0.2) is 34.9 Å². The maximum Gasteiger partial charge on any atom is 0.252 e. The quantitative estimate of drug-likeness (QED) is 0.478. The molecule has 184 valence electrons. The van der Waals surface area contributed by atoms with E-state index in [0.717, 1.165) is 66.8 Å². The summed E-state index contributed by atoms with van der Waals surface area (Å²) in [4.78, 5) is 19.8. The molecule has 0 atom stereocenters. The maximum atomic E-state index is 12.9. The number of para-hydroxylation sites is 1. The van der Waals surface area contributed by atoms with E-state index in [2.05, 4.69) is 33.4 Å². The van der Waals surface area contributed by atoms with E-state index in [1.807, 2.05) is 36.4 Å². The topological polar surface area (TPSA) is 69.0 Å². The molecule has 0 spiro atoms. The number of halogens is 2. The molecule has 35 heavy (non-hydrogen) atoms. The van der Waals surface area contributed by atoms with Crippen LogP contribution in [0.3, 0.4) is 0 Å². The highest BCUT2D eigenvalue weighted by molar-refractivity contribution is 6.06. The zero-order valence-electron chi connectivity index (χ0n) is 19.8. The first-order chi connectivity index (χ1) is 16.2. The summed E-state index contributed by atoms with van der Waals surface area (Å²) in [6, 6.07) is 18.3. The fourth-order valence-corrected chi connectivity index (χ4v) is 5.39. The molecule has 5 rings (SSSR count). The maximum absolute atomic E-state index is 12.9. The Morgan fingerprint density at radius 2 is 1.86 bits per heavy atom. The molecule has 1 saturated carbocycles. The minimum atomic E-state index is 0. The predicted octanol–water partition coefficient (Wildman–Crippen LogP) is 5.69. The van der Waals surface area contributed by atoms with E-state index in [9.17, 15) is 4.79 Å². The average molecular weight is 511 g/mol. The molecule has 1 N–H and O–H groups in total. The minimum Gasteiger partial charge on any atom is -0.349 e. The van der Waals surface area contributed by atoms with Crippen molar-refractivity contribution < 1.29 is 4.79 Å². The summed E-state index contributed by atoms with van der Waals surface area (Å²) in [6.45, 7) is 3.20. The minimum absolute atomic E-state index is 0. The molecule has 2 aliphatic rings. The Hall–Kier alpha value is -2.65. The highest BCUT2D eigenvalue weighted by atomic mass is 35.5. The number of rotatable bonds is 5. The van der Waals surface area contributed by atoms with Crippen molar-refractivity contribution >= 4 is 41.6 Å². The van der Waals surface area contributed by atoms with Crippen LogP contribution in [0, 0.1) is 17.2 Å². The molecule has 0 saturated heterocycles. The molecule has 1 fully saturated rings. The van der Waals surface area contributed by atoms with Gasteiger partial charge in [-0.1, -0.05) is 24.3 Å². The molecule has 2 heterocycles. The number of nitrogens with zero attached hydrogens (tertiary/aromatic N) is 3. The van der Waals surface area contributed by atoms with E-state index in [1.54, 1.807) is 6.20 Å². The number of hydrogen-bond acceptors (Lipinski definition) is 4. The number of fused-ring (bicyclic) bond motifs is 2. The summed E-state index contributed by atoms with van der Waals surface area (Å²) in [6.07, 6.45) is 8.44. The second-order valence-electron chi connectivity index (χ2n) is 9.48. The zero-order valence-corrected chi connectivity index (χ0v) is 21.4. The molecule has 1 aliphatic heterocycles. The molecule has 1 amide bonds. The highest BCUT2D eigenvalue weighted by Gasteiger charge is 2.24. The Morgan fingerprint density at radius 1 is 1.06 bits per heavy atom. The van der Waals surface area contributed by atoms with E-state index in [4.69, 9.17) is 5.26 Å². The number of pyridine rings is 1. The Bertz CT molecular complexity index is 1200. The standard InChI is InChI=1S/C28H30N4O.2ClH/c29-18-21-5-8-23-19-32(16-13-22(23)17-21)15-12-20-6-9-24(10-7-20)31-28(33)26-11-14-30-27-4-2-1-3-25(26)27;;/h1-5,8,11,14,17,20,24H,6-7,9-10,12-13,15-16,19H2,(H,31,33);2*1H. The second-order valence-corrected chi connectivity index (χ2v) is 9.48. The zero-order chi connectivity index (χ0) is 22.6.